The predicted molar refractivity (Wildman–Crippen MR) is 123 cm³/mol. The molecule has 1 amide bonds. The minimum atomic E-state index is -0.379. The van der Waals surface area contributed by atoms with E-state index >= 15 is 0 Å². The van der Waals surface area contributed by atoms with Crippen molar-refractivity contribution in [2.45, 2.75) is 19.8 Å². The van der Waals surface area contributed by atoms with Gasteiger partial charge in [-0.15, -0.1) is 0 Å². The summed E-state index contributed by atoms with van der Waals surface area (Å²) in [4.78, 5) is 33.3. The van der Waals surface area contributed by atoms with E-state index in [4.69, 9.17) is 18.9 Å². The van der Waals surface area contributed by atoms with Gasteiger partial charge in [0.15, 0.2) is 11.5 Å². The van der Waals surface area contributed by atoms with E-state index in [1.165, 1.54) is 6.20 Å². The molecule has 1 saturated heterocycles. The molecule has 0 unspecified atom stereocenters. The molecule has 1 aromatic carbocycles. The van der Waals surface area contributed by atoms with Crippen LogP contribution in [0.2, 0.25) is 0 Å². The van der Waals surface area contributed by atoms with Gasteiger partial charge in [0.05, 0.1) is 39.9 Å². The predicted octanol–water partition coefficient (Wildman–Crippen LogP) is 2.57. The Kier molecular flexibility index (Phi) is 8.34. The first-order valence-electron chi connectivity index (χ1n) is 11.0. The van der Waals surface area contributed by atoms with Crippen LogP contribution in [-0.4, -0.2) is 75.9 Å². The van der Waals surface area contributed by atoms with Crippen molar-refractivity contribution in [1.82, 2.24) is 9.88 Å². The largest absolute Gasteiger partial charge is 0.493 e. The molecular weight excluding hydrogens is 426 g/mol. The summed E-state index contributed by atoms with van der Waals surface area (Å²) in [5, 5.41) is 0. The SMILES string of the molecule is CCOC(=O)c1ccc(N2CCCN(C(=O)Cc3cc(OC)c(OC)c(OC)c3)CC2)nc1. The molecule has 1 aromatic heterocycles. The highest BCUT2D eigenvalue weighted by Crippen LogP contribution is 2.38. The number of pyridine rings is 1. The Balaban J connectivity index is 1.64. The number of amides is 1. The number of esters is 1. The van der Waals surface area contributed by atoms with E-state index in [1.807, 2.05) is 11.0 Å². The third-order valence-corrected chi connectivity index (χ3v) is 5.51. The third kappa shape index (κ3) is 5.85. The van der Waals surface area contributed by atoms with E-state index in [0.717, 1.165) is 24.3 Å². The lowest BCUT2D eigenvalue weighted by Gasteiger charge is -2.23. The summed E-state index contributed by atoms with van der Waals surface area (Å²) >= 11 is 0. The monoisotopic (exact) mass is 457 g/mol. The Hall–Kier alpha value is -3.49. The lowest BCUT2D eigenvalue weighted by molar-refractivity contribution is -0.130. The van der Waals surface area contributed by atoms with E-state index in [1.54, 1.807) is 46.5 Å². The maximum absolute atomic E-state index is 13.0. The number of rotatable bonds is 8. The molecule has 0 N–H and O–H groups in total. The molecule has 0 aliphatic carbocycles. The molecule has 0 saturated carbocycles. The fourth-order valence-corrected chi connectivity index (χ4v) is 3.83. The van der Waals surface area contributed by atoms with Gasteiger partial charge in [0.1, 0.15) is 5.82 Å². The van der Waals surface area contributed by atoms with Crippen LogP contribution in [0.3, 0.4) is 0 Å². The smallest absolute Gasteiger partial charge is 0.339 e. The number of hydrogen-bond donors (Lipinski definition) is 0. The van der Waals surface area contributed by atoms with Crippen molar-refractivity contribution >= 4 is 17.7 Å². The van der Waals surface area contributed by atoms with Crippen LogP contribution in [0, 0.1) is 0 Å². The molecule has 178 valence electrons. The van der Waals surface area contributed by atoms with E-state index in [9.17, 15) is 9.59 Å². The van der Waals surface area contributed by atoms with Gasteiger partial charge in [-0.1, -0.05) is 0 Å². The number of carbonyl (C=O) groups is 2. The van der Waals surface area contributed by atoms with Gasteiger partial charge >= 0.3 is 5.97 Å². The van der Waals surface area contributed by atoms with Gasteiger partial charge < -0.3 is 28.7 Å². The first-order valence-corrected chi connectivity index (χ1v) is 11.0. The Morgan fingerprint density at radius 2 is 1.70 bits per heavy atom. The van der Waals surface area contributed by atoms with Gasteiger partial charge in [-0.2, -0.15) is 0 Å². The zero-order valence-corrected chi connectivity index (χ0v) is 19.6. The second-order valence-corrected chi connectivity index (χ2v) is 7.56. The highest BCUT2D eigenvalue weighted by Gasteiger charge is 2.22. The molecule has 2 heterocycles. The third-order valence-electron chi connectivity index (χ3n) is 5.51. The second kappa shape index (κ2) is 11.4. The Morgan fingerprint density at radius 1 is 0.970 bits per heavy atom. The summed E-state index contributed by atoms with van der Waals surface area (Å²) in [6, 6.07) is 7.15. The minimum absolute atomic E-state index is 0.0386. The Morgan fingerprint density at radius 3 is 2.27 bits per heavy atom. The molecule has 0 spiro atoms. The molecular formula is C24H31N3O6. The second-order valence-electron chi connectivity index (χ2n) is 7.56. The molecule has 1 fully saturated rings. The van der Waals surface area contributed by atoms with E-state index < -0.39 is 0 Å². The number of methoxy groups -OCH3 is 3. The number of ether oxygens (including phenoxy) is 4. The topological polar surface area (TPSA) is 90.4 Å². The summed E-state index contributed by atoms with van der Waals surface area (Å²) in [5.74, 6) is 2.00. The van der Waals surface area contributed by atoms with Gasteiger partial charge in [-0.05, 0) is 43.2 Å². The minimum Gasteiger partial charge on any atom is -0.493 e. The van der Waals surface area contributed by atoms with Crippen molar-refractivity contribution < 1.29 is 28.5 Å². The highest BCUT2D eigenvalue weighted by molar-refractivity contribution is 5.89. The first-order chi connectivity index (χ1) is 16.0. The first kappa shape index (κ1) is 24.2. The van der Waals surface area contributed by atoms with Crippen LogP contribution in [0.4, 0.5) is 5.82 Å². The molecule has 1 aliphatic rings. The molecule has 0 bridgehead atoms. The molecule has 9 nitrogen and oxygen atoms in total. The van der Waals surface area contributed by atoms with Crippen molar-refractivity contribution in [3.63, 3.8) is 0 Å². The summed E-state index contributed by atoms with van der Waals surface area (Å²) in [6.45, 7) is 4.79. The summed E-state index contributed by atoms with van der Waals surface area (Å²) < 4.78 is 21.1. The maximum atomic E-state index is 13.0. The number of hydrogen-bond acceptors (Lipinski definition) is 8. The van der Waals surface area contributed by atoms with Crippen molar-refractivity contribution in [2.75, 3.05) is 59.0 Å². The standard InChI is InChI=1S/C24H31N3O6/c1-5-33-24(29)18-7-8-21(25-16-18)26-9-6-10-27(12-11-26)22(28)15-17-13-19(30-2)23(32-4)20(14-17)31-3/h7-8,13-14,16H,5-6,9-12,15H2,1-4H3. The number of carbonyl (C=O) groups excluding carboxylic acids is 2. The lowest BCUT2D eigenvalue weighted by Crippen LogP contribution is -2.36. The Bertz CT molecular complexity index is 938. The quantitative estimate of drug-likeness (QED) is 0.559. The van der Waals surface area contributed by atoms with Gasteiger partial charge in [0.2, 0.25) is 11.7 Å². The number of anilines is 1. The van der Waals surface area contributed by atoms with Gasteiger partial charge in [0, 0.05) is 32.4 Å². The van der Waals surface area contributed by atoms with Gasteiger partial charge in [-0.25, -0.2) is 9.78 Å². The van der Waals surface area contributed by atoms with E-state index in [0.29, 0.717) is 49.1 Å². The van der Waals surface area contributed by atoms with Crippen LogP contribution in [0.25, 0.3) is 0 Å². The molecule has 3 rings (SSSR count). The zero-order chi connectivity index (χ0) is 23.8. The molecule has 2 aromatic rings. The summed E-state index contributed by atoms with van der Waals surface area (Å²) in [6.07, 6.45) is 2.59. The lowest BCUT2D eigenvalue weighted by atomic mass is 10.1. The summed E-state index contributed by atoms with van der Waals surface area (Å²) in [7, 11) is 4.66. The summed E-state index contributed by atoms with van der Waals surface area (Å²) in [5.41, 5.74) is 1.23. The maximum Gasteiger partial charge on any atom is 0.339 e. The zero-order valence-electron chi connectivity index (χ0n) is 19.6. The van der Waals surface area contributed by atoms with Crippen molar-refractivity contribution in [2.24, 2.45) is 0 Å². The number of aromatic nitrogens is 1. The van der Waals surface area contributed by atoms with Crippen LogP contribution in [0.1, 0.15) is 29.3 Å². The Labute approximate surface area is 194 Å². The van der Waals surface area contributed by atoms with Crippen LogP contribution >= 0.6 is 0 Å². The highest BCUT2D eigenvalue weighted by atomic mass is 16.5. The van der Waals surface area contributed by atoms with Crippen LogP contribution in [0.5, 0.6) is 17.2 Å². The van der Waals surface area contributed by atoms with Crippen molar-refractivity contribution in [3.8, 4) is 17.2 Å². The van der Waals surface area contributed by atoms with Crippen LogP contribution < -0.4 is 19.1 Å². The number of nitrogens with zero attached hydrogens (tertiary/aromatic N) is 3. The van der Waals surface area contributed by atoms with Crippen LogP contribution in [-0.2, 0) is 16.0 Å². The normalized spacial score (nSPS) is 13.8. The van der Waals surface area contributed by atoms with Crippen LogP contribution in [0.15, 0.2) is 30.5 Å². The van der Waals surface area contributed by atoms with Gasteiger partial charge in [0.25, 0.3) is 0 Å². The number of benzene rings is 1. The fraction of sp³-hybridized carbons (Fsp3) is 0.458. The average Bonchev–Trinajstić information content (AvgIpc) is 3.10. The fourth-order valence-electron chi connectivity index (χ4n) is 3.83. The van der Waals surface area contributed by atoms with E-state index in [-0.39, 0.29) is 18.3 Å². The molecule has 0 radical (unpaired) electrons. The molecule has 9 heteroatoms. The molecule has 1 aliphatic heterocycles. The van der Waals surface area contributed by atoms with Gasteiger partial charge in [-0.3, -0.25) is 4.79 Å². The van der Waals surface area contributed by atoms with E-state index in [2.05, 4.69) is 9.88 Å². The molecule has 0 atom stereocenters. The van der Waals surface area contributed by atoms with Crippen molar-refractivity contribution in [3.05, 3.63) is 41.6 Å². The van der Waals surface area contributed by atoms with Crippen molar-refractivity contribution in [1.29, 1.82) is 0 Å². The molecule has 33 heavy (non-hydrogen) atoms. The average molecular weight is 458 g/mol.